The number of carboxylic acid groups (broad SMARTS) is 1. The smallest absolute Gasteiger partial charge is 0.325 e. The van der Waals surface area contributed by atoms with E-state index in [4.69, 9.17) is 5.11 Å². The molecule has 0 aliphatic heterocycles. The minimum atomic E-state index is -0.878. The quantitative estimate of drug-likeness (QED) is 0.816. The molecule has 1 rings (SSSR count). The third kappa shape index (κ3) is 3.98. The van der Waals surface area contributed by atoms with Gasteiger partial charge >= 0.3 is 5.97 Å². The van der Waals surface area contributed by atoms with Crippen LogP contribution >= 0.6 is 0 Å². The maximum atomic E-state index is 11.1. The van der Waals surface area contributed by atoms with Gasteiger partial charge < -0.3 is 10.4 Å². The summed E-state index contributed by atoms with van der Waals surface area (Å²) in [5.41, 5.74) is 0.731. The van der Waals surface area contributed by atoms with Crippen LogP contribution in [0.4, 0.5) is 0 Å². The lowest BCUT2D eigenvalue weighted by Gasteiger charge is -2.22. The van der Waals surface area contributed by atoms with Crippen molar-refractivity contribution in [3.8, 4) is 0 Å². The number of aliphatic carboxylic acids is 1. The number of carboxylic acids is 1. The molecule has 88 valence electrons. The first-order chi connectivity index (χ1) is 7.40. The van der Waals surface area contributed by atoms with Crippen molar-refractivity contribution in [1.29, 1.82) is 0 Å². The molecule has 0 fully saturated rings. The Hall–Kier alpha value is -1.42. The Morgan fingerprint density at radius 1 is 1.56 bits per heavy atom. The van der Waals surface area contributed by atoms with E-state index in [0.29, 0.717) is 12.1 Å². The largest absolute Gasteiger partial charge is 0.480 e. The molecule has 1 heterocycles. The van der Waals surface area contributed by atoms with Crippen LogP contribution in [0.2, 0.25) is 0 Å². The van der Waals surface area contributed by atoms with Gasteiger partial charge in [-0.3, -0.25) is 9.78 Å². The first kappa shape index (κ1) is 12.6. The third-order valence-electron chi connectivity index (χ3n) is 2.10. The highest BCUT2D eigenvalue weighted by molar-refractivity contribution is 5.75. The van der Waals surface area contributed by atoms with Crippen molar-refractivity contribution in [2.45, 2.75) is 26.8 Å². The molecular weight excluding hydrogens is 204 g/mol. The first-order valence-electron chi connectivity index (χ1n) is 5.26. The van der Waals surface area contributed by atoms with Crippen molar-refractivity contribution in [3.05, 3.63) is 30.1 Å². The molecule has 1 unspecified atom stereocenters. The van der Waals surface area contributed by atoms with Crippen LogP contribution in [-0.2, 0) is 4.79 Å². The molecule has 1 aromatic rings. The van der Waals surface area contributed by atoms with Crippen molar-refractivity contribution >= 4 is 5.97 Å². The second-order valence-electron chi connectivity index (χ2n) is 5.00. The average molecular weight is 222 g/mol. The van der Waals surface area contributed by atoms with Gasteiger partial charge in [-0.1, -0.05) is 26.8 Å². The maximum Gasteiger partial charge on any atom is 0.325 e. The monoisotopic (exact) mass is 222 g/mol. The van der Waals surface area contributed by atoms with Crippen molar-refractivity contribution in [2.24, 2.45) is 5.41 Å². The van der Waals surface area contributed by atoms with Crippen LogP contribution in [-0.4, -0.2) is 22.6 Å². The van der Waals surface area contributed by atoms with E-state index in [-0.39, 0.29) is 5.41 Å². The highest BCUT2D eigenvalue weighted by Gasteiger charge is 2.21. The molecule has 0 saturated heterocycles. The fourth-order valence-corrected chi connectivity index (χ4v) is 1.30. The fraction of sp³-hybridized carbons (Fsp3) is 0.500. The summed E-state index contributed by atoms with van der Waals surface area (Å²) in [4.78, 5) is 15.1. The Balaban J connectivity index is 2.74. The van der Waals surface area contributed by atoms with E-state index in [0.717, 1.165) is 0 Å². The lowest BCUT2D eigenvalue weighted by Crippen LogP contribution is -2.34. The maximum absolute atomic E-state index is 11.1. The molecular formula is C12H18N2O2. The number of aromatic nitrogens is 1. The number of carbonyl (C=O) groups is 1. The van der Waals surface area contributed by atoms with Crippen molar-refractivity contribution in [1.82, 2.24) is 10.3 Å². The molecule has 0 aliphatic rings. The van der Waals surface area contributed by atoms with Gasteiger partial charge in [-0.25, -0.2) is 0 Å². The van der Waals surface area contributed by atoms with Gasteiger partial charge in [0, 0.05) is 18.9 Å². The second kappa shape index (κ2) is 5.07. The van der Waals surface area contributed by atoms with E-state index in [9.17, 15) is 4.79 Å². The third-order valence-corrected chi connectivity index (χ3v) is 2.10. The number of pyridine rings is 1. The van der Waals surface area contributed by atoms with Gasteiger partial charge in [0.25, 0.3) is 0 Å². The summed E-state index contributed by atoms with van der Waals surface area (Å²) in [7, 11) is 0. The molecule has 2 N–H and O–H groups in total. The number of nitrogens with one attached hydrogen (secondary N) is 1. The van der Waals surface area contributed by atoms with Gasteiger partial charge in [-0.15, -0.1) is 0 Å². The summed E-state index contributed by atoms with van der Waals surface area (Å²) in [6.07, 6.45) is 3.21. The van der Waals surface area contributed by atoms with Crippen molar-refractivity contribution < 1.29 is 9.90 Å². The van der Waals surface area contributed by atoms with Gasteiger partial charge in [0.1, 0.15) is 6.04 Å². The topological polar surface area (TPSA) is 62.2 Å². The molecule has 0 bridgehead atoms. The van der Waals surface area contributed by atoms with Crippen LogP contribution in [0, 0.1) is 5.41 Å². The predicted octanol–water partition coefficient (Wildman–Crippen LogP) is 1.84. The van der Waals surface area contributed by atoms with Crippen LogP contribution in [0.5, 0.6) is 0 Å². The Morgan fingerprint density at radius 2 is 2.25 bits per heavy atom. The van der Waals surface area contributed by atoms with E-state index in [1.54, 1.807) is 24.5 Å². The van der Waals surface area contributed by atoms with Crippen LogP contribution in [0.1, 0.15) is 32.4 Å². The number of nitrogens with zero attached hydrogens (tertiary/aromatic N) is 1. The molecule has 4 heteroatoms. The minimum absolute atomic E-state index is 0.0515. The molecule has 0 aromatic carbocycles. The van der Waals surface area contributed by atoms with E-state index in [1.165, 1.54) is 0 Å². The van der Waals surface area contributed by atoms with Crippen molar-refractivity contribution in [3.63, 3.8) is 0 Å². The highest BCUT2D eigenvalue weighted by Crippen LogP contribution is 2.16. The summed E-state index contributed by atoms with van der Waals surface area (Å²) < 4.78 is 0. The van der Waals surface area contributed by atoms with Gasteiger partial charge in [0.05, 0.1) is 0 Å². The lowest BCUT2D eigenvalue weighted by atomic mass is 9.96. The molecule has 0 aliphatic carbocycles. The lowest BCUT2D eigenvalue weighted by molar-refractivity contribution is -0.139. The van der Waals surface area contributed by atoms with Gasteiger partial charge in [0.2, 0.25) is 0 Å². The number of rotatable bonds is 4. The summed E-state index contributed by atoms with van der Waals surface area (Å²) in [6, 6.07) is 2.82. The van der Waals surface area contributed by atoms with Crippen LogP contribution < -0.4 is 5.32 Å². The van der Waals surface area contributed by atoms with Crippen LogP contribution in [0.25, 0.3) is 0 Å². The number of hydrogen-bond acceptors (Lipinski definition) is 3. The predicted molar refractivity (Wildman–Crippen MR) is 62.1 cm³/mol. The Bertz CT molecular complexity index is 344. The summed E-state index contributed by atoms with van der Waals surface area (Å²) in [6.45, 7) is 6.81. The number of hydrogen-bond donors (Lipinski definition) is 2. The zero-order valence-electron chi connectivity index (χ0n) is 9.90. The Kier molecular flexibility index (Phi) is 4.01. The molecule has 0 saturated carbocycles. The Morgan fingerprint density at radius 3 is 2.69 bits per heavy atom. The van der Waals surface area contributed by atoms with Gasteiger partial charge in [-0.2, -0.15) is 0 Å². The molecule has 0 spiro atoms. The van der Waals surface area contributed by atoms with E-state index in [1.807, 2.05) is 0 Å². The van der Waals surface area contributed by atoms with Crippen LogP contribution in [0.15, 0.2) is 24.5 Å². The van der Waals surface area contributed by atoms with Gasteiger partial charge in [0.15, 0.2) is 0 Å². The SMILES string of the molecule is CC(C)(C)CNC(C(=O)O)c1cccnc1. The van der Waals surface area contributed by atoms with Crippen molar-refractivity contribution in [2.75, 3.05) is 6.54 Å². The molecule has 1 atom stereocenters. The first-order valence-corrected chi connectivity index (χ1v) is 5.26. The normalized spacial score (nSPS) is 13.4. The summed E-state index contributed by atoms with van der Waals surface area (Å²) >= 11 is 0. The zero-order valence-corrected chi connectivity index (χ0v) is 9.90. The second-order valence-corrected chi connectivity index (χ2v) is 5.00. The fourth-order valence-electron chi connectivity index (χ4n) is 1.30. The van der Waals surface area contributed by atoms with Gasteiger partial charge in [-0.05, 0) is 17.0 Å². The molecule has 16 heavy (non-hydrogen) atoms. The van der Waals surface area contributed by atoms with E-state index >= 15 is 0 Å². The molecule has 0 amide bonds. The van der Waals surface area contributed by atoms with E-state index < -0.39 is 12.0 Å². The highest BCUT2D eigenvalue weighted by atomic mass is 16.4. The standard InChI is InChI=1S/C12H18N2O2/c1-12(2,3)8-14-10(11(15)16)9-5-4-6-13-7-9/h4-7,10,14H,8H2,1-3H3,(H,15,16). The summed E-state index contributed by atoms with van der Waals surface area (Å²) in [5, 5.41) is 12.2. The van der Waals surface area contributed by atoms with E-state index in [2.05, 4.69) is 31.1 Å². The minimum Gasteiger partial charge on any atom is -0.480 e. The molecule has 4 nitrogen and oxygen atoms in total. The Labute approximate surface area is 95.7 Å². The molecule has 0 radical (unpaired) electrons. The van der Waals surface area contributed by atoms with Crippen LogP contribution in [0.3, 0.4) is 0 Å². The summed E-state index contributed by atoms with van der Waals surface area (Å²) in [5.74, 6) is -0.878. The zero-order chi connectivity index (χ0) is 12.2. The molecule has 1 aromatic heterocycles. The average Bonchev–Trinajstić information content (AvgIpc) is 2.17.